The van der Waals surface area contributed by atoms with E-state index in [1.807, 2.05) is 20.8 Å². The summed E-state index contributed by atoms with van der Waals surface area (Å²) in [6.45, 7) is 6.91. The summed E-state index contributed by atoms with van der Waals surface area (Å²) >= 11 is 6.10. The average Bonchev–Trinajstić information content (AvgIpc) is 2.36. The normalized spacial score (nSPS) is 13.5. The Balaban J connectivity index is 0.00000441. The number of hydrogen-bond donors (Lipinski definition) is 2. The zero-order valence-electron chi connectivity index (χ0n) is 13.3. The summed E-state index contributed by atoms with van der Waals surface area (Å²) in [6, 6.07) is 4.47. The third kappa shape index (κ3) is 6.66. The van der Waals surface area contributed by atoms with E-state index in [-0.39, 0.29) is 41.3 Å². The highest BCUT2D eigenvalue weighted by molar-refractivity contribution is 14.0. The second kappa shape index (κ2) is 9.52. The van der Waals surface area contributed by atoms with Gasteiger partial charge in [-0.15, -0.1) is 24.0 Å². The standard InChI is InChI=1S/C15H23ClFN3O.HI/c1-10(8-21-4)20-14(18)19-9-15(2,3)12-6-5-11(17)7-13(12)16;/h5-7,10H,8-9H2,1-4H3,(H3,18,19,20);1H. The van der Waals surface area contributed by atoms with Crippen LogP contribution in [0.15, 0.2) is 23.2 Å². The topological polar surface area (TPSA) is 59.6 Å². The Hall–Kier alpha value is -0.600. The SMILES string of the molecule is COCC(C)NC(N)=NCC(C)(C)c1ccc(F)cc1Cl.I. The predicted octanol–water partition coefficient (Wildman–Crippen LogP) is 3.31. The van der Waals surface area contributed by atoms with Gasteiger partial charge >= 0.3 is 0 Å². The van der Waals surface area contributed by atoms with Crippen LogP contribution in [0, 0.1) is 5.82 Å². The number of nitrogens with one attached hydrogen (secondary N) is 1. The Labute approximate surface area is 153 Å². The minimum absolute atomic E-state index is 0. The highest BCUT2D eigenvalue weighted by Gasteiger charge is 2.23. The highest BCUT2D eigenvalue weighted by Crippen LogP contribution is 2.30. The number of ether oxygens (including phenoxy) is 1. The molecule has 0 aliphatic rings. The monoisotopic (exact) mass is 443 g/mol. The molecule has 0 heterocycles. The number of guanidine groups is 1. The maximum Gasteiger partial charge on any atom is 0.188 e. The first-order valence-corrected chi connectivity index (χ1v) is 7.15. The van der Waals surface area contributed by atoms with Crippen molar-refractivity contribution < 1.29 is 9.13 Å². The van der Waals surface area contributed by atoms with Gasteiger partial charge in [0.05, 0.1) is 13.2 Å². The van der Waals surface area contributed by atoms with Gasteiger partial charge in [-0.05, 0) is 24.6 Å². The maximum absolute atomic E-state index is 13.1. The van der Waals surface area contributed by atoms with Gasteiger partial charge in [0, 0.05) is 23.6 Å². The summed E-state index contributed by atoms with van der Waals surface area (Å²) in [5, 5.41) is 3.44. The summed E-state index contributed by atoms with van der Waals surface area (Å²) < 4.78 is 18.1. The number of rotatable bonds is 6. The molecule has 0 aliphatic heterocycles. The highest BCUT2D eigenvalue weighted by atomic mass is 127. The number of halogens is 3. The molecule has 1 aromatic carbocycles. The van der Waals surface area contributed by atoms with Crippen molar-refractivity contribution in [1.82, 2.24) is 5.32 Å². The lowest BCUT2D eigenvalue weighted by molar-refractivity contribution is 0.179. The molecule has 0 saturated heterocycles. The Morgan fingerprint density at radius 2 is 2.14 bits per heavy atom. The van der Waals surface area contributed by atoms with E-state index in [2.05, 4.69) is 10.3 Å². The van der Waals surface area contributed by atoms with Crippen molar-refractivity contribution in [3.05, 3.63) is 34.6 Å². The van der Waals surface area contributed by atoms with E-state index in [1.165, 1.54) is 12.1 Å². The van der Waals surface area contributed by atoms with Crippen molar-refractivity contribution >= 4 is 41.5 Å². The van der Waals surface area contributed by atoms with E-state index in [9.17, 15) is 4.39 Å². The number of nitrogens with two attached hydrogens (primary N) is 1. The fourth-order valence-electron chi connectivity index (χ4n) is 2.00. The first-order chi connectivity index (χ1) is 9.76. The molecule has 0 aromatic heterocycles. The minimum atomic E-state index is -0.349. The van der Waals surface area contributed by atoms with Crippen molar-refractivity contribution in [2.45, 2.75) is 32.2 Å². The van der Waals surface area contributed by atoms with Gasteiger partial charge in [0.25, 0.3) is 0 Å². The number of methoxy groups -OCH3 is 1. The third-order valence-electron chi connectivity index (χ3n) is 3.12. The van der Waals surface area contributed by atoms with Crippen LogP contribution in [0.2, 0.25) is 5.02 Å². The summed E-state index contributed by atoms with van der Waals surface area (Å²) in [4.78, 5) is 4.33. The maximum atomic E-state index is 13.1. The molecule has 0 spiro atoms. The molecule has 0 bridgehead atoms. The first kappa shape index (κ1) is 21.4. The van der Waals surface area contributed by atoms with Crippen molar-refractivity contribution in [2.24, 2.45) is 10.7 Å². The van der Waals surface area contributed by atoms with Crippen LogP contribution < -0.4 is 11.1 Å². The molecular weight excluding hydrogens is 420 g/mol. The van der Waals surface area contributed by atoms with Gasteiger partial charge in [0.15, 0.2) is 5.96 Å². The van der Waals surface area contributed by atoms with E-state index in [1.54, 1.807) is 13.2 Å². The average molecular weight is 444 g/mol. The molecule has 0 fully saturated rings. The second-order valence-corrected chi connectivity index (χ2v) is 6.12. The van der Waals surface area contributed by atoms with Gasteiger partial charge in [0.1, 0.15) is 5.82 Å². The van der Waals surface area contributed by atoms with Gasteiger partial charge in [-0.25, -0.2) is 4.39 Å². The van der Waals surface area contributed by atoms with Crippen LogP contribution >= 0.6 is 35.6 Å². The molecule has 0 radical (unpaired) electrons. The fourth-order valence-corrected chi connectivity index (χ4v) is 2.42. The van der Waals surface area contributed by atoms with Crippen LogP contribution in [0.5, 0.6) is 0 Å². The quantitative estimate of drug-likeness (QED) is 0.403. The molecule has 1 rings (SSSR count). The van der Waals surface area contributed by atoms with Crippen LogP contribution in [-0.4, -0.2) is 32.3 Å². The summed E-state index contributed by atoms with van der Waals surface area (Å²) in [6.07, 6.45) is 0. The van der Waals surface area contributed by atoms with Gasteiger partial charge < -0.3 is 15.8 Å². The Morgan fingerprint density at radius 1 is 1.50 bits per heavy atom. The van der Waals surface area contributed by atoms with E-state index in [0.29, 0.717) is 24.1 Å². The lowest BCUT2D eigenvalue weighted by Gasteiger charge is -2.25. The van der Waals surface area contributed by atoms with E-state index in [4.69, 9.17) is 22.1 Å². The van der Waals surface area contributed by atoms with Crippen molar-refractivity contribution in [2.75, 3.05) is 20.3 Å². The zero-order valence-corrected chi connectivity index (χ0v) is 16.4. The van der Waals surface area contributed by atoms with Crippen LogP contribution in [-0.2, 0) is 10.2 Å². The number of hydrogen-bond acceptors (Lipinski definition) is 2. The van der Waals surface area contributed by atoms with Gasteiger partial charge in [0.2, 0.25) is 0 Å². The van der Waals surface area contributed by atoms with Crippen LogP contribution in [0.4, 0.5) is 4.39 Å². The second-order valence-electron chi connectivity index (χ2n) is 5.71. The van der Waals surface area contributed by atoms with E-state index >= 15 is 0 Å². The smallest absolute Gasteiger partial charge is 0.188 e. The molecule has 1 aromatic rings. The van der Waals surface area contributed by atoms with Crippen LogP contribution in [0.1, 0.15) is 26.3 Å². The molecule has 1 unspecified atom stereocenters. The molecule has 1 atom stereocenters. The van der Waals surface area contributed by atoms with Crippen LogP contribution in [0.25, 0.3) is 0 Å². The summed E-state index contributed by atoms with van der Waals surface area (Å²) in [7, 11) is 1.63. The summed E-state index contributed by atoms with van der Waals surface area (Å²) in [5.74, 6) is 0.00322. The molecule has 4 nitrogen and oxygen atoms in total. The lowest BCUT2D eigenvalue weighted by atomic mass is 9.84. The van der Waals surface area contributed by atoms with Gasteiger partial charge in [-0.3, -0.25) is 4.99 Å². The van der Waals surface area contributed by atoms with Crippen LogP contribution in [0.3, 0.4) is 0 Å². The minimum Gasteiger partial charge on any atom is -0.383 e. The number of nitrogens with zero attached hydrogens (tertiary/aromatic N) is 1. The van der Waals surface area contributed by atoms with E-state index < -0.39 is 0 Å². The zero-order chi connectivity index (χ0) is 16.0. The lowest BCUT2D eigenvalue weighted by Crippen LogP contribution is -2.41. The first-order valence-electron chi connectivity index (χ1n) is 6.77. The van der Waals surface area contributed by atoms with Gasteiger partial charge in [-0.2, -0.15) is 0 Å². The molecule has 0 amide bonds. The molecule has 7 heteroatoms. The Bertz CT molecular complexity index is 512. The molecule has 22 heavy (non-hydrogen) atoms. The summed E-state index contributed by atoms with van der Waals surface area (Å²) in [5.41, 5.74) is 6.34. The van der Waals surface area contributed by atoms with Gasteiger partial charge in [-0.1, -0.05) is 31.5 Å². The van der Waals surface area contributed by atoms with Crippen molar-refractivity contribution in [3.63, 3.8) is 0 Å². The van der Waals surface area contributed by atoms with Crippen molar-refractivity contribution in [3.8, 4) is 0 Å². The molecule has 0 saturated carbocycles. The number of aliphatic imine (C=N–C) groups is 1. The molecule has 3 N–H and O–H groups in total. The predicted molar refractivity (Wildman–Crippen MR) is 101 cm³/mol. The molecular formula is C15H24ClFIN3O. The Kier molecular flexibility index (Phi) is 9.26. The van der Waals surface area contributed by atoms with E-state index in [0.717, 1.165) is 5.56 Å². The Morgan fingerprint density at radius 3 is 2.68 bits per heavy atom. The molecule has 126 valence electrons. The third-order valence-corrected chi connectivity index (χ3v) is 3.43. The fraction of sp³-hybridized carbons (Fsp3) is 0.533. The van der Waals surface area contributed by atoms with Crippen molar-refractivity contribution in [1.29, 1.82) is 0 Å². The molecule has 0 aliphatic carbocycles. The largest absolute Gasteiger partial charge is 0.383 e. The number of benzene rings is 1.